The highest BCUT2D eigenvalue weighted by molar-refractivity contribution is 6.01. The number of carbonyl (C=O) groups is 4. The van der Waals surface area contributed by atoms with Crippen LogP contribution in [0.3, 0.4) is 0 Å². The molecule has 0 aliphatic heterocycles. The maximum Gasteiger partial charge on any atom is 0.306 e. The van der Waals surface area contributed by atoms with E-state index in [-0.39, 0.29) is 74.2 Å². The molecule has 0 saturated heterocycles. The lowest BCUT2D eigenvalue weighted by atomic mass is 9.46. The second-order valence-electron chi connectivity index (χ2n) is 13.2. The minimum atomic E-state index is -1.65. The summed E-state index contributed by atoms with van der Waals surface area (Å²) in [5.74, 6) is -2.25. The number of hydrogen-bond acceptors (Lipinski definition) is 15. The van der Waals surface area contributed by atoms with Gasteiger partial charge in [0.25, 0.3) is 0 Å². The minimum Gasteiger partial charge on any atom is -0.457 e. The molecule has 5 N–H and O–H groups in total. The number of aliphatic hydroxyl groups excluding tert-OH is 1. The maximum absolute atomic E-state index is 14.1. The lowest BCUT2D eigenvalue weighted by Crippen LogP contribution is -2.63. The Bertz CT molecular complexity index is 1200. The fourth-order valence-electron chi connectivity index (χ4n) is 8.63. The summed E-state index contributed by atoms with van der Waals surface area (Å²) in [6.45, 7) is 3.13. The molecule has 0 radical (unpaired) electrons. The Morgan fingerprint density at radius 2 is 1.61 bits per heavy atom. The van der Waals surface area contributed by atoms with Gasteiger partial charge in [-0.15, -0.1) is 0 Å². The van der Waals surface area contributed by atoms with Crippen LogP contribution in [0.5, 0.6) is 0 Å². The second kappa shape index (κ2) is 15.1. The molecule has 3 saturated carbocycles. The van der Waals surface area contributed by atoms with E-state index in [1.54, 1.807) is 12.2 Å². The SMILES string of the molecule is C[C@]12C=CC(=O)C=C1CCC1C3CC[C@](OC(=O)CCCCCON(O)O)(C(=O)COC(=O)CCCON(O)O)[C@@]3(C)C[C@H](O)[C@@H]12. The first kappa shape index (κ1) is 36.2. The van der Waals surface area contributed by atoms with Crippen molar-refractivity contribution in [2.75, 3.05) is 19.8 Å². The van der Waals surface area contributed by atoms with E-state index in [2.05, 4.69) is 9.68 Å². The van der Waals surface area contributed by atoms with E-state index in [0.717, 1.165) is 5.57 Å². The summed E-state index contributed by atoms with van der Waals surface area (Å²) in [7, 11) is 0. The molecule has 3 fully saturated rings. The molecule has 0 aromatic heterocycles. The van der Waals surface area contributed by atoms with Gasteiger partial charge in [0.05, 0.1) is 30.1 Å². The molecule has 258 valence electrons. The van der Waals surface area contributed by atoms with Crippen molar-refractivity contribution in [3.63, 3.8) is 0 Å². The van der Waals surface area contributed by atoms with Crippen molar-refractivity contribution < 1.29 is 64.3 Å². The van der Waals surface area contributed by atoms with Crippen LogP contribution in [0.1, 0.15) is 84.5 Å². The van der Waals surface area contributed by atoms with E-state index in [0.29, 0.717) is 38.5 Å². The molecule has 2 unspecified atom stereocenters. The van der Waals surface area contributed by atoms with Crippen LogP contribution in [0.2, 0.25) is 0 Å². The Labute approximate surface area is 267 Å². The number of ether oxygens (including phenoxy) is 2. The van der Waals surface area contributed by atoms with Crippen LogP contribution >= 0.6 is 0 Å². The monoisotopic (exact) mass is 654 g/mol. The number of rotatable bonds is 16. The summed E-state index contributed by atoms with van der Waals surface area (Å²) < 4.78 is 11.4. The van der Waals surface area contributed by atoms with Crippen LogP contribution in [-0.4, -0.2) is 91.7 Å². The van der Waals surface area contributed by atoms with Gasteiger partial charge in [-0.3, -0.25) is 49.7 Å². The summed E-state index contributed by atoms with van der Waals surface area (Å²) >= 11 is 0. The average Bonchev–Trinajstić information content (AvgIpc) is 3.27. The fraction of sp³-hybridized carbons (Fsp3) is 0.742. The molecule has 7 atom stereocenters. The van der Waals surface area contributed by atoms with Crippen LogP contribution in [0.25, 0.3) is 0 Å². The normalized spacial score (nSPS) is 33.3. The number of allylic oxidation sites excluding steroid dienone is 4. The van der Waals surface area contributed by atoms with Gasteiger partial charge in [0.1, 0.15) is 0 Å². The summed E-state index contributed by atoms with van der Waals surface area (Å²) in [4.78, 5) is 60.9. The van der Waals surface area contributed by atoms with Crippen LogP contribution in [0.4, 0.5) is 0 Å². The standard InChI is InChI=1S/C31H46N2O13/c1-29-13-11-21(34)17-20(29)9-10-22-23-12-14-31(30(23,2)18-24(35)28(22)29,46-27(38)7-4-3-5-15-44-32(39)40)25(36)19-43-26(37)8-6-16-45-33(41)42/h11,13,17,22-24,28,35,39-42H,3-10,12,14-16,18-19H2,1-2H3/t22?,23?,24-,28+,29-,30-,31-/m0/s1. The third-order valence-electron chi connectivity index (χ3n) is 10.7. The minimum absolute atomic E-state index is 0.0100. The van der Waals surface area contributed by atoms with Crippen LogP contribution in [0.15, 0.2) is 23.8 Å². The van der Waals surface area contributed by atoms with Gasteiger partial charge in [-0.05, 0) is 75.4 Å². The maximum atomic E-state index is 14.1. The molecule has 0 bridgehead atoms. The topological polar surface area (TPSA) is 213 Å². The predicted molar refractivity (Wildman–Crippen MR) is 153 cm³/mol. The smallest absolute Gasteiger partial charge is 0.306 e. The van der Waals surface area contributed by atoms with Gasteiger partial charge >= 0.3 is 11.9 Å². The summed E-state index contributed by atoms with van der Waals surface area (Å²) in [5, 5.41) is 45.5. The van der Waals surface area contributed by atoms with Gasteiger partial charge in [-0.2, -0.15) is 0 Å². The molecular weight excluding hydrogens is 608 g/mol. The predicted octanol–water partition coefficient (Wildman–Crippen LogP) is 3.02. The highest BCUT2D eigenvalue weighted by Crippen LogP contribution is 2.68. The molecule has 0 heterocycles. The van der Waals surface area contributed by atoms with Crippen molar-refractivity contribution in [1.82, 2.24) is 10.8 Å². The molecule has 0 aromatic rings. The van der Waals surface area contributed by atoms with E-state index in [9.17, 15) is 24.3 Å². The number of esters is 2. The van der Waals surface area contributed by atoms with Crippen molar-refractivity contribution in [3.8, 4) is 0 Å². The number of Topliss-reactive ketones (excluding diaryl/α,β-unsaturated/α-hetero) is 1. The number of nitrogens with zero attached hydrogens (tertiary/aromatic N) is 2. The lowest BCUT2D eigenvalue weighted by molar-refractivity contribution is -0.492. The molecule has 0 aromatic carbocycles. The van der Waals surface area contributed by atoms with Gasteiger partial charge < -0.3 is 14.6 Å². The number of carbonyl (C=O) groups excluding carboxylic acids is 4. The third kappa shape index (κ3) is 7.58. The lowest BCUT2D eigenvalue weighted by Gasteiger charge is -2.59. The highest BCUT2D eigenvalue weighted by atomic mass is 17.1. The van der Waals surface area contributed by atoms with Gasteiger partial charge in [0.2, 0.25) is 5.78 Å². The van der Waals surface area contributed by atoms with Gasteiger partial charge in [-0.25, -0.2) is 0 Å². The Balaban J connectivity index is 1.52. The quantitative estimate of drug-likeness (QED) is 0.0919. The van der Waals surface area contributed by atoms with Crippen molar-refractivity contribution in [2.24, 2.45) is 28.6 Å². The van der Waals surface area contributed by atoms with E-state index in [1.807, 2.05) is 19.9 Å². The van der Waals surface area contributed by atoms with E-state index in [1.165, 1.54) is 0 Å². The number of fused-ring (bicyclic) bond motifs is 5. The molecule has 4 aliphatic rings. The van der Waals surface area contributed by atoms with Crippen LogP contribution in [-0.2, 0) is 38.3 Å². The first-order valence-electron chi connectivity index (χ1n) is 15.9. The first-order chi connectivity index (χ1) is 21.7. The molecule has 15 nitrogen and oxygen atoms in total. The van der Waals surface area contributed by atoms with Crippen LogP contribution in [0, 0.1) is 28.6 Å². The van der Waals surface area contributed by atoms with Crippen molar-refractivity contribution in [2.45, 2.75) is 96.2 Å². The highest BCUT2D eigenvalue weighted by Gasteiger charge is 2.70. The average molecular weight is 655 g/mol. The largest absolute Gasteiger partial charge is 0.457 e. The summed E-state index contributed by atoms with van der Waals surface area (Å²) in [5.41, 5.74) is -2.13. The van der Waals surface area contributed by atoms with Gasteiger partial charge in [-0.1, -0.05) is 31.9 Å². The summed E-state index contributed by atoms with van der Waals surface area (Å²) in [6, 6.07) is 0. The van der Waals surface area contributed by atoms with Crippen molar-refractivity contribution in [1.29, 1.82) is 0 Å². The molecule has 0 spiro atoms. The zero-order chi connectivity index (χ0) is 33.7. The molecule has 0 amide bonds. The molecular formula is C31H46N2O13. The molecule has 46 heavy (non-hydrogen) atoms. The molecule has 15 heteroatoms. The zero-order valence-corrected chi connectivity index (χ0v) is 26.3. The van der Waals surface area contributed by atoms with Gasteiger partial charge in [0, 0.05) is 29.6 Å². The second-order valence-corrected chi connectivity index (χ2v) is 13.2. The number of hydrogen-bond donors (Lipinski definition) is 5. The van der Waals surface area contributed by atoms with Crippen molar-refractivity contribution in [3.05, 3.63) is 23.8 Å². The van der Waals surface area contributed by atoms with E-state index >= 15 is 0 Å². The number of ketones is 2. The fourth-order valence-corrected chi connectivity index (χ4v) is 8.63. The summed E-state index contributed by atoms with van der Waals surface area (Å²) in [6.07, 6.45) is 7.84. The van der Waals surface area contributed by atoms with E-state index in [4.69, 9.17) is 30.3 Å². The zero-order valence-electron chi connectivity index (χ0n) is 26.3. The van der Waals surface area contributed by atoms with Gasteiger partial charge in [0.15, 0.2) is 18.0 Å². The number of unbranched alkanes of at least 4 members (excludes halogenated alkanes) is 2. The Hall–Kier alpha value is -2.60. The molecule has 4 aliphatic carbocycles. The Morgan fingerprint density at radius 3 is 2.30 bits per heavy atom. The van der Waals surface area contributed by atoms with Crippen molar-refractivity contribution >= 4 is 23.5 Å². The third-order valence-corrected chi connectivity index (χ3v) is 10.7. The number of aliphatic hydroxyl groups is 1. The van der Waals surface area contributed by atoms with E-state index < -0.39 is 52.3 Å². The molecule has 4 rings (SSSR count). The van der Waals surface area contributed by atoms with Crippen LogP contribution < -0.4 is 0 Å². The Kier molecular flexibility index (Phi) is 11.9. The first-order valence-corrected chi connectivity index (χ1v) is 15.9. The Morgan fingerprint density at radius 1 is 0.935 bits per heavy atom.